The molecular formula is C15H23N3O2. The molecule has 0 aromatic heterocycles. The van der Waals surface area contributed by atoms with Crippen molar-refractivity contribution in [3.63, 3.8) is 0 Å². The number of rotatable bonds is 3. The fourth-order valence-electron chi connectivity index (χ4n) is 2.23. The van der Waals surface area contributed by atoms with Crippen molar-refractivity contribution in [2.24, 2.45) is 0 Å². The maximum atomic E-state index is 12.1. The van der Waals surface area contributed by atoms with Gasteiger partial charge in [-0.3, -0.25) is 0 Å². The van der Waals surface area contributed by atoms with Gasteiger partial charge in [0.2, 0.25) is 0 Å². The zero-order chi connectivity index (χ0) is 14.7. The minimum Gasteiger partial charge on any atom is -0.391 e. The highest BCUT2D eigenvalue weighted by Crippen LogP contribution is 2.21. The van der Waals surface area contributed by atoms with Gasteiger partial charge >= 0.3 is 6.03 Å². The molecule has 1 heterocycles. The van der Waals surface area contributed by atoms with Crippen LogP contribution in [0.1, 0.15) is 20.3 Å². The van der Waals surface area contributed by atoms with Gasteiger partial charge in [0, 0.05) is 37.6 Å². The summed E-state index contributed by atoms with van der Waals surface area (Å²) in [6.45, 7) is 5.27. The van der Waals surface area contributed by atoms with Gasteiger partial charge in [0.1, 0.15) is 0 Å². The Labute approximate surface area is 120 Å². The summed E-state index contributed by atoms with van der Waals surface area (Å²) in [5, 5.41) is 12.4. The molecule has 2 rings (SSSR count). The number of β-amino-alcohol motifs (C(OH)–C–C–N with tert-alkyl or cyclic N) is 1. The van der Waals surface area contributed by atoms with Gasteiger partial charge in [-0.05, 0) is 38.5 Å². The Hall–Kier alpha value is -1.75. The van der Waals surface area contributed by atoms with Gasteiger partial charge in [0.15, 0.2) is 0 Å². The Morgan fingerprint density at radius 3 is 2.85 bits per heavy atom. The molecule has 20 heavy (non-hydrogen) atoms. The number of carbonyl (C=O) groups is 1. The number of aliphatic hydroxyl groups is 1. The molecule has 0 bridgehead atoms. The van der Waals surface area contributed by atoms with Crippen molar-refractivity contribution < 1.29 is 9.90 Å². The van der Waals surface area contributed by atoms with E-state index >= 15 is 0 Å². The van der Waals surface area contributed by atoms with E-state index in [0.29, 0.717) is 25.6 Å². The Morgan fingerprint density at radius 1 is 1.50 bits per heavy atom. The molecule has 0 aliphatic carbocycles. The number of benzene rings is 1. The monoisotopic (exact) mass is 277 g/mol. The molecule has 0 saturated carbocycles. The highest BCUT2D eigenvalue weighted by molar-refractivity contribution is 5.90. The molecular weight excluding hydrogens is 254 g/mol. The van der Waals surface area contributed by atoms with E-state index in [-0.39, 0.29) is 12.1 Å². The van der Waals surface area contributed by atoms with Gasteiger partial charge in [-0.1, -0.05) is 6.07 Å². The maximum Gasteiger partial charge on any atom is 0.321 e. The lowest BCUT2D eigenvalue weighted by molar-refractivity contribution is 0.176. The van der Waals surface area contributed by atoms with Crippen LogP contribution in [-0.4, -0.2) is 48.3 Å². The Balaban J connectivity index is 2.02. The molecule has 1 aromatic rings. The van der Waals surface area contributed by atoms with Crippen molar-refractivity contribution in [3.05, 3.63) is 24.3 Å². The number of urea groups is 1. The van der Waals surface area contributed by atoms with E-state index in [1.54, 1.807) is 4.90 Å². The molecule has 5 heteroatoms. The number of likely N-dealkylation sites (tertiary alicyclic amines) is 1. The van der Waals surface area contributed by atoms with E-state index in [4.69, 9.17) is 0 Å². The van der Waals surface area contributed by atoms with Crippen molar-refractivity contribution >= 4 is 17.4 Å². The van der Waals surface area contributed by atoms with Crippen LogP contribution in [0.2, 0.25) is 0 Å². The van der Waals surface area contributed by atoms with E-state index in [1.165, 1.54) is 0 Å². The normalized spacial score (nSPS) is 18.4. The SMILES string of the molecule is CC(C)N(C)c1cccc(NC(=O)N2CC[C@H](O)C2)c1. The topological polar surface area (TPSA) is 55.8 Å². The number of anilines is 2. The van der Waals surface area contributed by atoms with Gasteiger partial charge in [-0.15, -0.1) is 0 Å². The standard InChI is InChI=1S/C15H23N3O2/c1-11(2)17(3)13-6-4-5-12(9-13)16-15(20)18-8-7-14(19)10-18/h4-6,9,11,14,19H,7-8,10H2,1-3H3,(H,16,20)/t14-/m0/s1. The quantitative estimate of drug-likeness (QED) is 0.890. The molecule has 110 valence electrons. The number of hydrogen-bond donors (Lipinski definition) is 2. The van der Waals surface area contributed by atoms with Crippen LogP contribution in [-0.2, 0) is 0 Å². The van der Waals surface area contributed by atoms with Crippen molar-refractivity contribution in [2.75, 3.05) is 30.4 Å². The fraction of sp³-hybridized carbons (Fsp3) is 0.533. The first-order valence-electron chi connectivity index (χ1n) is 7.04. The molecule has 0 radical (unpaired) electrons. The second kappa shape index (κ2) is 6.13. The van der Waals surface area contributed by atoms with Gasteiger partial charge < -0.3 is 20.2 Å². The first-order valence-corrected chi connectivity index (χ1v) is 7.04. The number of hydrogen-bond acceptors (Lipinski definition) is 3. The minimum absolute atomic E-state index is 0.147. The van der Waals surface area contributed by atoms with Crippen LogP contribution in [0.15, 0.2) is 24.3 Å². The maximum absolute atomic E-state index is 12.1. The average Bonchev–Trinajstić information content (AvgIpc) is 2.85. The summed E-state index contributed by atoms with van der Waals surface area (Å²) < 4.78 is 0. The third-order valence-electron chi connectivity index (χ3n) is 3.73. The molecule has 1 aliphatic heterocycles. The molecule has 2 amide bonds. The number of carbonyl (C=O) groups excluding carboxylic acids is 1. The van der Waals surface area contributed by atoms with Gasteiger partial charge in [-0.2, -0.15) is 0 Å². The van der Waals surface area contributed by atoms with E-state index in [1.807, 2.05) is 31.3 Å². The van der Waals surface area contributed by atoms with E-state index in [0.717, 1.165) is 11.4 Å². The van der Waals surface area contributed by atoms with Gasteiger partial charge in [0.05, 0.1) is 6.10 Å². The summed E-state index contributed by atoms with van der Waals surface area (Å²) in [6, 6.07) is 8.05. The van der Waals surface area contributed by atoms with Crippen molar-refractivity contribution in [3.8, 4) is 0 Å². The van der Waals surface area contributed by atoms with Gasteiger partial charge in [0.25, 0.3) is 0 Å². The number of aliphatic hydroxyl groups excluding tert-OH is 1. The summed E-state index contributed by atoms with van der Waals surface area (Å²) >= 11 is 0. The molecule has 1 aromatic carbocycles. The predicted molar refractivity (Wildman–Crippen MR) is 81.2 cm³/mol. The molecule has 2 N–H and O–H groups in total. The molecule has 1 fully saturated rings. The highest BCUT2D eigenvalue weighted by atomic mass is 16.3. The zero-order valence-corrected chi connectivity index (χ0v) is 12.3. The third kappa shape index (κ3) is 3.42. The fourth-order valence-corrected chi connectivity index (χ4v) is 2.23. The van der Waals surface area contributed by atoms with Crippen molar-refractivity contribution in [1.82, 2.24) is 4.90 Å². The lowest BCUT2D eigenvalue weighted by atomic mass is 10.2. The summed E-state index contributed by atoms with van der Waals surface area (Å²) in [4.78, 5) is 15.9. The third-order valence-corrected chi connectivity index (χ3v) is 3.73. The predicted octanol–water partition coefficient (Wildman–Crippen LogP) is 2.13. The summed E-state index contributed by atoms with van der Waals surface area (Å²) in [5.74, 6) is 0. The summed E-state index contributed by atoms with van der Waals surface area (Å²) in [7, 11) is 2.03. The van der Waals surface area contributed by atoms with Crippen LogP contribution in [0.3, 0.4) is 0 Å². The minimum atomic E-state index is -0.390. The Bertz CT molecular complexity index is 476. The Kier molecular flexibility index (Phi) is 4.49. The van der Waals surface area contributed by atoms with Gasteiger partial charge in [-0.25, -0.2) is 4.79 Å². The van der Waals surface area contributed by atoms with Crippen LogP contribution >= 0.6 is 0 Å². The average molecular weight is 277 g/mol. The molecule has 0 unspecified atom stereocenters. The first kappa shape index (κ1) is 14.7. The second-order valence-corrected chi connectivity index (χ2v) is 5.57. The molecule has 1 aliphatic rings. The van der Waals surface area contributed by atoms with Crippen LogP contribution in [0, 0.1) is 0 Å². The highest BCUT2D eigenvalue weighted by Gasteiger charge is 2.24. The number of nitrogens with one attached hydrogen (secondary N) is 1. The van der Waals surface area contributed by atoms with E-state index in [2.05, 4.69) is 24.1 Å². The van der Waals surface area contributed by atoms with E-state index in [9.17, 15) is 9.90 Å². The molecule has 0 spiro atoms. The summed E-state index contributed by atoms with van der Waals surface area (Å²) in [6.07, 6.45) is 0.267. The summed E-state index contributed by atoms with van der Waals surface area (Å²) in [5.41, 5.74) is 1.85. The lowest BCUT2D eigenvalue weighted by Gasteiger charge is -2.24. The second-order valence-electron chi connectivity index (χ2n) is 5.57. The lowest BCUT2D eigenvalue weighted by Crippen LogP contribution is -2.33. The first-order chi connectivity index (χ1) is 9.47. The van der Waals surface area contributed by atoms with Crippen LogP contribution in [0.5, 0.6) is 0 Å². The van der Waals surface area contributed by atoms with Crippen LogP contribution in [0.4, 0.5) is 16.2 Å². The molecule has 1 atom stereocenters. The van der Waals surface area contributed by atoms with Crippen LogP contribution < -0.4 is 10.2 Å². The zero-order valence-electron chi connectivity index (χ0n) is 12.3. The molecule has 1 saturated heterocycles. The van der Waals surface area contributed by atoms with Crippen molar-refractivity contribution in [1.29, 1.82) is 0 Å². The number of amides is 2. The largest absolute Gasteiger partial charge is 0.391 e. The Morgan fingerprint density at radius 2 is 2.25 bits per heavy atom. The van der Waals surface area contributed by atoms with Crippen molar-refractivity contribution in [2.45, 2.75) is 32.4 Å². The van der Waals surface area contributed by atoms with E-state index < -0.39 is 0 Å². The van der Waals surface area contributed by atoms with Crippen LogP contribution in [0.25, 0.3) is 0 Å². The number of nitrogens with zero attached hydrogens (tertiary/aromatic N) is 2. The smallest absolute Gasteiger partial charge is 0.321 e. The molecule has 5 nitrogen and oxygen atoms in total.